The summed E-state index contributed by atoms with van der Waals surface area (Å²) in [6.45, 7) is 8.40. The topological polar surface area (TPSA) is 25.2 Å². The molecule has 0 amide bonds. The summed E-state index contributed by atoms with van der Waals surface area (Å²) in [7, 11) is 0. The van der Waals surface area contributed by atoms with Gasteiger partial charge in [0.1, 0.15) is 0 Å². The Kier molecular flexibility index (Phi) is 10.9. The van der Waals surface area contributed by atoms with Gasteiger partial charge in [0.05, 0.1) is 5.70 Å². The summed E-state index contributed by atoms with van der Waals surface area (Å²) in [6, 6.07) is 39.4. The van der Waals surface area contributed by atoms with Crippen LogP contribution < -0.4 is 10.4 Å². The molecule has 1 atom stereocenters. The third-order valence-electron chi connectivity index (χ3n) is 10.3. The van der Waals surface area contributed by atoms with E-state index in [1.165, 1.54) is 55.0 Å². The first-order chi connectivity index (χ1) is 25.6. The van der Waals surface area contributed by atoms with Gasteiger partial charge in [-0.15, -0.1) is 0 Å². The van der Waals surface area contributed by atoms with Crippen molar-refractivity contribution in [2.45, 2.75) is 51.9 Å². The van der Waals surface area contributed by atoms with E-state index in [0.29, 0.717) is 0 Å². The Morgan fingerprint density at radius 1 is 0.827 bits per heavy atom. The Hall–Kier alpha value is -5.86. The molecule has 1 heterocycles. The van der Waals surface area contributed by atoms with Crippen molar-refractivity contribution in [3.05, 3.63) is 201 Å². The van der Waals surface area contributed by atoms with Crippen LogP contribution in [0.15, 0.2) is 168 Å². The summed E-state index contributed by atoms with van der Waals surface area (Å²) in [6.07, 6.45) is 24.9. The molecule has 2 nitrogen and oxygen atoms in total. The van der Waals surface area contributed by atoms with Gasteiger partial charge >= 0.3 is 0 Å². The van der Waals surface area contributed by atoms with E-state index in [2.05, 4.69) is 176 Å². The van der Waals surface area contributed by atoms with Crippen molar-refractivity contribution in [1.82, 2.24) is 4.98 Å². The highest BCUT2D eigenvalue weighted by molar-refractivity contribution is 5.90. The van der Waals surface area contributed by atoms with Crippen molar-refractivity contribution in [2.24, 2.45) is 4.99 Å². The number of rotatable bonds is 9. The molecule has 0 saturated carbocycles. The van der Waals surface area contributed by atoms with Crippen LogP contribution >= 0.6 is 0 Å². The van der Waals surface area contributed by atoms with Gasteiger partial charge < -0.3 is 0 Å². The molecule has 0 spiro atoms. The summed E-state index contributed by atoms with van der Waals surface area (Å²) >= 11 is 0. The van der Waals surface area contributed by atoms with E-state index in [-0.39, 0.29) is 5.92 Å². The number of hydrogen-bond donors (Lipinski definition) is 0. The number of hydrogen-bond acceptors (Lipinski definition) is 2. The molecule has 0 N–H and O–H groups in total. The number of aliphatic imine (C=N–C) groups is 1. The summed E-state index contributed by atoms with van der Waals surface area (Å²) < 4.78 is 0. The van der Waals surface area contributed by atoms with Crippen LogP contribution in [0, 0.1) is 0 Å². The van der Waals surface area contributed by atoms with Crippen molar-refractivity contribution in [2.75, 3.05) is 0 Å². The third-order valence-corrected chi connectivity index (χ3v) is 10.3. The lowest BCUT2D eigenvalue weighted by Crippen LogP contribution is -2.23. The lowest BCUT2D eigenvalue weighted by molar-refractivity contribution is 0.814. The zero-order chi connectivity index (χ0) is 35.7. The molecule has 7 rings (SSSR count). The molecule has 2 aliphatic carbocycles. The maximum absolute atomic E-state index is 4.65. The fourth-order valence-electron chi connectivity index (χ4n) is 7.55. The van der Waals surface area contributed by atoms with Gasteiger partial charge in [0.25, 0.3) is 0 Å². The van der Waals surface area contributed by atoms with Gasteiger partial charge in [-0.3, -0.25) is 9.98 Å². The normalized spacial score (nSPS) is 17.2. The maximum atomic E-state index is 4.65. The lowest BCUT2D eigenvalue weighted by Gasteiger charge is -2.27. The van der Waals surface area contributed by atoms with Gasteiger partial charge in [0.2, 0.25) is 0 Å². The molecule has 0 radical (unpaired) electrons. The number of nitrogens with zero attached hydrogens (tertiary/aromatic N) is 2. The van der Waals surface area contributed by atoms with Gasteiger partial charge in [-0.05, 0) is 113 Å². The molecular weight excluding hydrogens is 629 g/mol. The molecule has 0 saturated heterocycles. The van der Waals surface area contributed by atoms with E-state index < -0.39 is 0 Å². The average Bonchev–Trinajstić information content (AvgIpc) is 3.20. The SMILES string of the molecule is C=N/C(=C\C(C1=CC2=C(C/C=C\C(=C/C)c3ccccc32)CC1)c1ccc(C/C=c2/cccc/c2=C/CC)cc1)c1cccc(-c2cccnc2)c1. The van der Waals surface area contributed by atoms with E-state index in [9.17, 15) is 0 Å². The summed E-state index contributed by atoms with van der Waals surface area (Å²) in [5.74, 6) is 0.0313. The number of fused-ring (bicyclic) bond motifs is 2. The highest BCUT2D eigenvalue weighted by Crippen LogP contribution is 2.43. The van der Waals surface area contributed by atoms with E-state index in [4.69, 9.17) is 0 Å². The van der Waals surface area contributed by atoms with Crippen molar-refractivity contribution in [3.63, 3.8) is 0 Å². The van der Waals surface area contributed by atoms with Crippen LogP contribution in [0.3, 0.4) is 0 Å². The number of pyridine rings is 1. The van der Waals surface area contributed by atoms with Gasteiger partial charge in [-0.25, -0.2) is 0 Å². The minimum Gasteiger partial charge on any atom is -0.264 e. The summed E-state index contributed by atoms with van der Waals surface area (Å²) in [4.78, 5) is 9.01. The Labute approximate surface area is 309 Å². The van der Waals surface area contributed by atoms with Crippen LogP contribution in [0.4, 0.5) is 0 Å². The van der Waals surface area contributed by atoms with Crippen molar-refractivity contribution in [1.29, 1.82) is 0 Å². The fourth-order valence-corrected chi connectivity index (χ4v) is 7.55. The Balaban J connectivity index is 1.32. The number of allylic oxidation sites excluding steroid dienone is 9. The number of benzene rings is 4. The molecular formula is C50H46N2. The van der Waals surface area contributed by atoms with Gasteiger partial charge in [-0.1, -0.05) is 152 Å². The van der Waals surface area contributed by atoms with Crippen molar-refractivity contribution in [3.8, 4) is 11.1 Å². The first-order valence-corrected chi connectivity index (χ1v) is 18.5. The summed E-state index contributed by atoms with van der Waals surface area (Å²) in [5, 5.41) is 2.59. The molecule has 256 valence electrons. The van der Waals surface area contributed by atoms with Crippen LogP contribution in [0.25, 0.3) is 40.1 Å². The Morgan fingerprint density at radius 2 is 1.60 bits per heavy atom. The molecule has 0 aliphatic heterocycles. The minimum absolute atomic E-state index is 0.0313. The van der Waals surface area contributed by atoms with Crippen LogP contribution in [0.5, 0.6) is 0 Å². The van der Waals surface area contributed by atoms with Crippen LogP contribution in [0.1, 0.15) is 73.3 Å². The Morgan fingerprint density at radius 3 is 2.35 bits per heavy atom. The molecule has 1 unspecified atom stereocenters. The first-order valence-electron chi connectivity index (χ1n) is 18.5. The smallest absolute Gasteiger partial charge is 0.0664 e. The maximum Gasteiger partial charge on any atom is 0.0664 e. The Bertz CT molecular complexity index is 2350. The molecule has 4 aromatic carbocycles. The molecule has 2 aliphatic rings. The van der Waals surface area contributed by atoms with Gasteiger partial charge in [0, 0.05) is 29.4 Å². The average molecular weight is 675 g/mol. The van der Waals surface area contributed by atoms with E-state index in [1.807, 2.05) is 18.5 Å². The quantitative estimate of drug-likeness (QED) is 0.143. The fraction of sp³-hybridized carbons (Fsp3) is 0.160. The van der Waals surface area contributed by atoms with Crippen molar-refractivity contribution < 1.29 is 0 Å². The van der Waals surface area contributed by atoms with Crippen LogP contribution in [0.2, 0.25) is 0 Å². The molecule has 0 fully saturated rings. The van der Waals surface area contributed by atoms with Crippen LogP contribution in [-0.2, 0) is 6.42 Å². The molecule has 2 heteroatoms. The zero-order valence-corrected chi connectivity index (χ0v) is 30.3. The second-order valence-electron chi connectivity index (χ2n) is 13.5. The zero-order valence-electron chi connectivity index (χ0n) is 30.3. The van der Waals surface area contributed by atoms with Crippen molar-refractivity contribution >= 4 is 35.7 Å². The molecule has 5 aromatic rings. The molecule has 0 bridgehead atoms. The van der Waals surface area contributed by atoms with Gasteiger partial charge in [0.15, 0.2) is 0 Å². The van der Waals surface area contributed by atoms with E-state index in [0.717, 1.165) is 54.5 Å². The largest absolute Gasteiger partial charge is 0.264 e. The van der Waals surface area contributed by atoms with E-state index >= 15 is 0 Å². The standard InChI is InChI=1S/C50H46N2/c1-4-13-38-14-6-7-15-39(38)26-23-36-24-27-41(28-25-36)48(34-50(51-3)44-19-11-18-42(32-44)45-20-12-31-52-35-45)43-30-29-40-17-10-16-37(5-2)46-21-8-9-22-47(46)49(40)33-43/h5-16,18-22,24-28,31-35,48H,3-4,17,23,29-30H2,1-2H3/b16-10-,37-5+,38-13-,39-26-,50-34-. The molecule has 52 heavy (non-hydrogen) atoms. The molecule has 1 aromatic heterocycles. The minimum atomic E-state index is 0.0313. The van der Waals surface area contributed by atoms with Crippen LogP contribution in [-0.4, -0.2) is 11.7 Å². The summed E-state index contributed by atoms with van der Waals surface area (Å²) in [5.41, 5.74) is 14.8. The predicted octanol–water partition coefficient (Wildman–Crippen LogP) is 11.3. The predicted molar refractivity (Wildman–Crippen MR) is 223 cm³/mol. The third kappa shape index (κ3) is 7.72. The van der Waals surface area contributed by atoms with E-state index in [1.54, 1.807) is 0 Å². The monoisotopic (exact) mass is 674 g/mol. The van der Waals surface area contributed by atoms with Gasteiger partial charge in [-0.2, -0.15) is 0 Å². The number of aromatic nitrogens is 1. The lowest BCUT2D eigenvalue weighted by atomic mass is 9.77. The highest BCUT2D eigenvalue weighted by atomic mass is 14.7. The highest BCUT2D eigenvalue weighted by Gasteiger charge is 2.24. The first kappa shape index (κ1) is 34.6. The second-order valence-corrected chi connectivity index (χ2v) is 13.5. The second kappa shape index (κ2) is 16.4.